The summed E-state index contributed by atoms with van der Waals surface area (Å²) in [7, 11) is 0. The molecule has 0 bridgehead atoms. The van der Waals surface area contributed by atoms with Crippen LogP contribution in [0.2, 0.25) is 5.02 Å². The maximum atomic E-state index is 12.2. The van der Waals surface area contributed by atoms with Crippen molar-refractivity contribution >= 4 is 35.5 Å². The van der Waals surface area contributed by atoms with Crippen LogP contribution in [0.4, 0.5) is 0 Å². The van der Waals surface area contributed by atoms with Crippen molar-refractivity contribution in [2.24, 2.45) is 0 Å². The van der Waals surface area contributed by atoms with Crippen LogP contribution >= 0.6 is 11.6 Å². The summed E-state index contributed by atoms with van der Waals surface area (Å²) in [6, 6.07) is 12.8. The van der Waals surface area contributed by atoms with E-state index in [-0.39, 0.29) is 6.61 Å². The number of hydrogen-bond donors (Lipinski definition) is 0. The molecule has 1 aliphatic heterocycles. The van der Waals surface area contributed by atoms with Crippen LogP contribution in [-0.2, 0) is 49.3 Å². The van der Waals surface area contributed by atoms with Gasteiger partial charge in [-0.05, 0) is 48.2 Å². The number of rotatable bonds is 10. The molecule has 0 N–H and O–H groups in total. The molecule has 1 fully saturated rings. The zero-order valence-corrected chi connectivity index (χ0v) is 23.8. The van der Waals surface area contributed by atoms with Gasteiger partial charge in [-0.15, -0.1) is 0 Å². The van der Waals surface area contributed by atoms with Gasteiger partial charge in [0.15, 0.2) is 18.3 Å². The molecule has 3 rings (SSSR count). The average molecular weight is 577 g/mol. The summed E-state index contributed by atoms with van der Waals surface area (Å²) in [5.41, 5.74) is 2.29. The molecule has 2 aromatic carbocycles. The standard InChI is InChI=1S/C29H33ClO10/c1-6-35-23-10-7-20(8-11-23)13-22-14-21(9-12-24(22)30)26-28(38-18(4)33)29(39-19(5)34)27(37-17(3)32)25(40-26)15-36-16(2)31/h7-12,14,25-29H,6,13,15H2,1-5H3/t25-,26+,27-,28?,29?/m1/s1. The van der Waals surface area contributed by atoms with E-state index in [4.69, 9.17) is 40.0 Å². The predicted octanol–water partition coefficient (Wildman–Crippen LogP) is 4.13. The lowest BCUT2D eigenvalue weighted by molar-refractivity contribution is -0.254. The smallest absolute Gasteiger partial charge is 0.303 e. The third-order valence-electron chi connectivity index (χ3n) is 6.02. The zero-order valence-electron chi connectivity index (χ0n) is 23.0. The summed E-state index contributed by atoms with van der Waals surface area (Å²) in [5, 5.41) is 0.503. The molecule has 0 amide bonds. The van der Waals surface area contributed by atoms with Gasteiger partial charge in [-0.2, -0.15) is 0 Å². The van der Waals surface area contributed by atoms with Crippen LogP contribution in [0.3, 0.4) is 0 Å². The lowest BCUT2D eigenvalue weighted by Crippen LogP contribution is -2.59. The lowest BCUT2D eigenvalue weighted by Gasteiger charge is -2.44. The summed E-state index contributed by atoms with van der Waals surface area (Å²) in [5.74, 6) is -1.89. The van der Waals surface area contributed by atoms with Gasteiger partial charge in [-0.1, -0.05) is 35.9 Å². The van der Waals surface area contributed by atoms with Gasteiger partial charge in [-0.3, -0.25) is 19.2 Å². The fourth-order valence-corrected chi connectivity index (χ4v) is 4.68. The summed E-state index contributed by atoms with van der Waals surface area (Å²) in [6.45, 7) is 6.94. The zero-order chi connectivity index (χ0) is 29.4. The quantitative estimate of drug-likeness (QED) is 0.301. The Hall–Kier alpha value is -3.63. The number of halogens is 1. The summed E-state index contributed by atoms with van der Waals surface area (Å²) in [6.07, 6.45) is -5.23. The van der Waals surface area contributed by atoms with E-state index in [1.54, 1.807) is 18.2 Å². The molecule has 2 unspecified atom stereocenters. The maximum Gasteiger partial charge on any atom is 0.303 e. The molecular weight excluding hydrogens is 544 g/mol. The minimum absolute atomic E-state index is 0.305. The number of carbonyl (C=O) groups excluding carboxylic acids is 4. The highest BCUT2D eigenvalue weighted by atomic mass is 35.5. The van der Waals surface area contributed by atoms with Crippen molar-refractivity contribution in [2.75, 3.05) is 13.2 Å². The fourth-order valence-electron chi connectivity index (χ4n) is 4.49. The maximum absolute atomic E-state index is 12.2. The van der Waals surface area contributed by atoms with E-state index >= 15 is 0 Å². The topological polar surface area (TPSA) is 124 Å². The molecule has 0 aliphatic carbocycles. The van der Waals surface area contributed by atoms with Crippen LogP contribution in [0, 0.1) is 0 Å². The summed E-state index contributed by atoms with van der Waals surface area (Å²) < 4.78 is 33.5. The first-order valence-electron chi connectivity index (χ1n) is 12.8. The van der Waals surface area contributed by atoms with E-state index in [1.807, 2.05) is 31.2 Å². The van der Waals surface area contributed by atoms with Crippen molar-refractivity contribution in [2.45, 2.75) is 71.6 Å². The van der Waals surface area contributed by atoms with E-state index in [2.05, 4.69) is 0 Å². The number of hydrogen-bond acceptors (Lipinski definition) is 10. The lowest BCUT2D eigenvalue weighted by atomic mass is 9.89. The van der Waals surface area contributed by atoms with Gasteiger partial charge in [0, 0.05) is 32.7 Å². The Balaban J connectivity index is 2.03. The van der Waals surface area contributed by atoms with Crippen molar-refractivity contribution in [3.05, 3.63) is 64.2 Å². The third-order valence-corrected chi connectivity index (χ3v) is 6.39. The molecular formula is C29H33ClO10. The molecule has 0 saturated carbocycles. The summed E-state index contributed by atoms with van der Waals surface area (Å²) in [4.78, 5) is 47.8. The van der Waals surface area contributed by atoms with Crippen LogP contribution in [0.25, 0.3) is 0 Å². The molecule has 216 valence electrons. The minimum Gasteiger partial charge on any atom is -0.494 e. The number of ether oxygens (including phenoxy) is 6. The largest absolute Gasteiger partial charge is 0.494 e. The predicted molar refractivity (Wildman–Crippen MR) is 143 cm³/mol. The second-order valence-electron chi connectivity index (χ2n) is 9.22. The Morgan fingerprint density at radius 2 is 1.40 bits per heavy atom. The Bertz CT molecular complexity index is 1210. The normalized spacial score (nSPS) is 22.1. The molecule has 11 heteroatoms. The molecule has 2 aromatic rings. The monoisotopic (exact) mass is 576 g/mol. The first kappa shape index (κ1) is 30.9. The van der Waals surface area contributed by atoms with E-state index in [1.165, 1.54) is 27.7 Å². The highest BCUT2D eigenvalue weighted by Crippen LogP contribution is 2.39. The first-order chi connectivity index (χ1) is 19.0. The summed E-state index contributed by atoms with van der Waals surface area (Å²) >= 11 is 6.54. The van der Waals surface area contributed by atoms with Crippen LogP contribution in [0.5, 0.6) is 5.75 Å². The first-order valence-corrected chi connectivity index (χ1v) is 13.2. The van der Waals surface area contributed by atoms with Gasteiger partial charge in [0.1, 0.15) is 24.6 Å². The number of benzene rings is 2. The highest BCUT2D eigenvalue weighted by Gasteiger charge is 2.52. The SMILES string of the molecule is CCOc1ccc(Cc2cc([C@@H]3O[C@H](COC(C)=O)[C@@H](OC(C)=O)C(OC(C)=O)C3OC(C)=O)ccc2Cl)cc1. The van der Waals surface area contributed by atoms with Gasteiger partial charge >= 0.3 is 23.9 Å². The van der Waals surface area contributed by atoms with E-state index in [0.29, 0.717) is 23.6 Å². The van der Waals surface area contributed by atoms with Crippen LogP contribution in [0.15, 0.2) is 42.5 Å². The van der Waals surface area contributed by atoms with Gasteiger partial charge in [0.05, 0.1) is 6.61 Å². The van der Waals surface area contributed by atoms with Gasteiger partial charge in [0.2, 0.25) is 0 Å². The Morgan fingerprint density at radius 3 is 1.98 bits per heavy atom. The molecule has 10 nitrogen and oxygen atoms in total. The second-order valence-corrected chi connectivity index (χ2v) is 9.63. The molecule has 0 radical (unpaired) electrons. The van der Waals surface area contributed by atoms with Crippen LogP contribution in [0.1, 0.15) is 57.4 Å². The molecule has 1 aliphatic rings. The van der Waals surface area contributed by atoms with E-state index in [9.17, 15) is 19.2 Å². The highest BCUT2D eigenvalue weighted by molar-refractivity contribution is 6.31. The van der Waals surface area contributed by atoms with Gasteiger partial charge < -0.3 is 28.4 Å². The van der Waals surface area contributed by atoms with Crippen molar-refractivity contribution in [1.82, 2.24) is 0 Å². The molecule has 1 heterocycles. The van der Waals surface area contributed by atoms with Crippen molar-refractivity contribution in [3.63, 3.8) is 0 Å². The number of carbonyl (C=O) groups is 4. The van der Waals surface area contributed by atoms with Gasteiger partial charge in [0.25, 0.3) is 0 Å². The van der Waals surface area contributed by atoms with Crippen LogP contribution < -0.4 is 4.74 Å². The fraction of sp³-hybridized carbons (Fsp3) is 0.448. The Labute approximate surface area is 237 Å². The second kappa shape index (κ2) is 14.1. The molecule has 0 aromatic heterocycles. The minimum atomic E-state index is -1.25. The molecule has 0 spiro atoms. The van der Waals surface area contributed by atoms with Crippen molar-refractivity contribution < 1.29 is 47.6 Å². The van der Waals surface area contributed by atoms with Crippen molar-refractivity contribution in [1.29, 1.82) is 0 Å². The van der Waals surface area contributed by atoms with Gasteiger partial charge in [-0.25, -0.2) is 0 Å². The molecule has 1 saturated heterocycles. The average Bonchev–Trinajstić information content (AvgIpc) is 2.87. The Morgan fingerprint density at radius 1 is 0.800 bits per heavy atom. The third kappa shape index (κ3) is 8.43. The number of esters is 4. The molecule has 40 heavy (non-hydrogen) atoms. The van der Waals surface area contributed by atoms with E-state index in [0.717, 1.165) is 16.9 Å². The Kier molecular flexibility index (Phi) is 10.9. The van der Waals surface area contributed by atoms with E-state index < -0.39 is 54.4 Å². The van der Waals surface area contributed by atoms with Crippen molar-refractivity contribution in [3.8, 4) is 5.75 Å². The van der Waals surface area contributed by atoms with Crippen LogP contribution in [-0.4, -0.2) is 61.5 Å². The molecule has 5 atom stereocenters.